The predicted octanol–water partition coefficient (Wildman–Crippen LogP) is 2.65. The molecule has 0 aromatic heterocycles. The molecule has 0 saturated heterocycles. The van der Waals surface area contributed by atoms with Gasteiger partial charge in [0.25, 0.3) is 5.91 Å². The standard InChI is InChI=1S/C19H26N2O2/c22-18(21-23-12-13-4-2-1-3-5-13)11-20-19-16-7-14-6-15(9-16)10-17(19)8-14/h1-5,14-17,19-20H,6-12H2,(H,21,22). The smallest absolute Gasteiger partial charge is 0.257 e. The van der Waals surface area contributed by atoms with Gasteiger partial charge in [0.15, 0.2) is 0 Å². The van der Waals surface area contributed by atoms with Crippen LogP contribution in [-0.4, -0.2) is 18.5 Å². The van der Waals surface area contributed by atoms with Crippen molar-refractivity contribution in [2.45, 2.75) is 44.8 Å². The van der Waals surface area contributed by atoms with Crippen LogP contribution in [0.4, 0.5) is 0 Å². The number of rotatable bonds is 6. The van der Waals surface area contributed by atoms with E-state index in [1.807, 2.05) is 30.3 Å². The van der Waals surface area contributed by atoms with Crippen molar-refractivity contribution < 1.29 is 9.63 Å². The van der Waals surface area contributed by atoms with Gasteiger partial charge in [-0.05, 0) is 61.3 Å². The van der Waals surface area contributed by atoms with Gasteiger partial charge in [-0.25, -0.2) is 5.48 Å². The molecule has 0 atom stereocenters. The molecule has 23 heavy (non-hydrogen) atoms. The summed E-state index contributed by atoms with van der Waals surface area (Å²) in [5.74, 6) is 3.46. The van der Waals surface area contributed by atoms with Crippen LogP contribution in [0.25, 0.3) is 0 Å². The van der Waals surface area contributed by atoms with Crippen molar-refractivity contribution in [1.29, 1.82) is 0 Å². The Labute approximate surface area is 137 Å². The van der Waals surface area contributed by atoms with Gasteiger partial charge in [0.05, 0.1) is 13.2 Å². The van der Waals surface area contributed by atoms with Gasteiger partial charge in [0.2, 0.25) is 0 Å². The molecule has 4 aliphatic rings. The van der Waals surface area contributed by atoms with Crippen LogP contribution in [0.1, 0.15) is 37.7 Å². The average Bonchev–Trinajstić information content (AvgIpc) is 2.54. The lowest BCUT2D eigenvalue weighted by Gasteiger charge is -2.54. The van der Waals surface area contributed by atoms with Crippen LogP contribution in [0.2, 0.25) is 0 Å². The SMILES string of the molecule is O=C(CNC1C2CC3CC(C2)CC1C3)NOCc1ccccc1. The van der Waals surface area contributed by atoms with E-state index in [9.17, 15) is 4.79 Å². The van der Waals surface area contributed by atoms with Gasteiger partial charge in [-0.15, -0.1) is 0 Å². The lowest BCUT2D eigenvalue weighted by atomic mass is 9.54. The lowest BCUT2D eigenvalue weighted by molar-refractivity contribution is -0.134. The first-order valence-electron chi connectivity index (χ1n) is 8.96. The Hall–Kier alpha value is -1.39. The van der Waals surface area contributed by atoms with Crippen LogP contribution in [0.3, 0.4) is 0 Å². The minimum absolute atomic E-state index is 0.0743. The maximum atomic E-state index is 12.0. The summed E-state index contributed by atoms with van der Waals surface area (Å²) in [6.07, 6.45) is 6.95. The zero-order valence-electron chi connectivity index (χ0n) is 13.5. The Balaban J connectivity index is 1.20. The fraction of sp³-hybridized carbons (Fsp3) is 0.632. The number of carbonyl (C=O) groups excluding carboxylic acids is 1. The van der Waals surface area contributed by atoms with Crippen LogP contribution in [-0.2, 0) is 16.2 Å². The summed E-state index contributed by atoms with van der Waals surface area (Å²) in [6.45, 7) is 0.770. The molecule has 124 valence electrons. The first-order chi connectivity index (χ1) is 11.3. The Morgan fingerprint density at radius 3 is 2.30 bits per heavy atom. The van der Waals surface area contributed by atoms with Crippen LogP contribution in [0.15, 0.2) is 30.3 Å². The molecule has 0 aliphatic heterocycles. The van der Waals surface area contributed by atoms with Crippen molar-refractivity contribution >= 4 is 5.91 Å². The molecule has 4 fully saturated rings. The molecule has 4 bridgehead atoms. The van der Waals surface area contributed by atoms with E-state index in [2.05, 4.69) is 10.8 Å². The van der Waals surface area contributed by atoms with Gasteiger partial charge in [-0.1, -0.05) is 30.3 Å². The van der Waals surface area contributed by atoms with E-state index in [1.54, 1.807) is 0 Å². The van der Waals surface area contributed by atoms with Crippen LogP contribution < -0.4 is 10.8 Å². The van der Waals surface area contributed by atoms with E-state index in [0.29, 0.717) is 19.2 Å². The Kier molecular flexibility index (Phi) is 4.36. The van der Waals surface area contributed by atoms with Gasteiger partial charge in [-0.3, -0.25) is 9.63 Å². The van der Waals surface area contributed by atoms with Crippen molar-refractivity contribution in [2.75, 3.05) is 6.54 Å². The molecule has 4 aliphatic carbocycles. The molecule has 0 spiro atoms. The number of amides is 1. The second-order valence-electron chi connectivity index (χ2n) is 7.64. The summed E-state index contributed by atoms with van der Waals surface area (Å²) in [6, 6.07) is 10.4. The highest BCUT2D eigenvalue weighted by atomic mass is 16.6. The maximum absolute atomic E-state index is 12.0. The van der Waals surface area contributed by atoms with Crippen molar-refractivity contribution in [1.82, 2.24) is 10.8 Å². The second-order valence-corrected chi connectivity index (χ2v) is 7.64. The van der Waals surface area contributed by atoms with Gasteiger partial charge in [-0.2, -0.15) is 0 Å². The van der Waals surface area contributed by atoms with Crippen molar-refractivity contribution in [3.63, 3.8) is 0 Å². The third kappa shape index (κ3) is 3.43. The minimum Gasteiger partial charge on any atom is -0.305 e. The maximum Gasteiger partial charge on any atom is 0.257 e. The Bertz CT molecular complexity index is 518. The fourth-order valence-corrected chi connectivity index (χ4v) is 5.28. The monoisotopic (exact) mass is 314 g/mol. The molecule has 1 aromatic rings. The van der Waals surface area contributed by atoms with E-state index >= 15 is 0 Å². The largest absolute Gasteiger partial charge is 0.305 e. The third-order valence-corrected chi connectivity index (χ3v) is 5.99. The van der Waals surface area contributed by atoms with Crippen LogP contribution >= 0.6 is 0 Å². The Morgan fingerprint density at radius 2 is 1.65 bits per heavy atom. The quantitative estimate of drug-likeness (QED) is 0.794. The number of hydroxylamine groups is 1. The van der Waals surface area contributed by atoms with Crippen molar-refractivity contribution in [3.05, 3.63) is 35.9 Å². The topological polar surface area (TPSA) is 50.4 Å². The lowest BCUT2D eigenvalue weighted by Crippen LogP contribution is -2.55. The first-order valence-corrected chi connectivity index (χ1v) is 8.96. The molecule has 0 heterocycles. The minimum atomic E-state index is -0.0743. The van der Waals surface area contributed by atoms with Gasteiger partial charge in [0, 0.05) is 6.04 Å². The van der Waals surface area contributed by atoms with E-state index in [-0.39, 0.29) is 5.91 Å². The molecule has 4 saturated carbocycles. The summed E-state index contributed by atoms with van der Waals surface area (Å²) in [5.41, 5.74) is 3.61. The molecule has 2 N–H and O–H groups in total. The first kappa shape index (κ1) is 15.2. The van der Waals surface area contributed by atoms with Crippen LogP contribution in [0.5, 0.6) is 0 Å². The molecule has 4 heteroatoms. The number of nitrogens with one attached hydrogen (secondary N) is 2. The third-order valence-electron chi connectivity index (χ3n) is 5.99. The predicted molar refractivity (Wildman–Crippen MR) is 88.2 cm³/mol. The molecule has 4 nitrogen and oxygen atoms in total. The average molecular weight is 314 g/mol. The highest BCUT2D eigenvalue weighted by Crippen LogP contribution is 2.53. The van der Waals surface area contributed by atoms with E-state index < -0.39 is 0 Å². The zero-order chi connectivity index (χ0) is 15.6. The van der Waals surface area contributed by atoms with E-state index in [4.69, 9.17) is 4.84 Å². The highest BCUT2D eigenvalue weighted by Gasteiger charge is 2.47. The number of hydrogen-bond acceptors (Lipinski definition) is 3. The summed E-state index contributed by atoms with van der Waals surface area (Å²) in [4.78, 5) is 17.3. The van der Waals surface area contributed by atoms with Crippen molar-refractivity contribution in [2.24, 2.45) is 23.7 Å². The number of carbonyl (C=O) groups is 1. The van der Waals surface area contributed by atoms with Crippen molar-refractivity contribution in [3.8, 4) is 0 Å². The molecule has 1 aromatic carbocycles. The van der Waals surface area contributed by atoms with Crippen LogP contribution in [0, 0.1) is 23.7 Å². The molecule has 1 amide bonds. The zero-order valence-corrected chi connectivity index (χ0v) is 13.5. The summed E-state index contributed by atoms with van der Waals surface area (Å²) >= 11 is 0. The molecule has 0 radical (unpaired) electrons. The molecule has 0 unspecified atom stereocenters. The van der Waals surface area contributed by atoms with E-state index in [0.717, 1.165) is 29.2 Å². The second kappa shape index (κ2) is 6.62. The normalized spacial score (nSPS) is 34.5. The summed E-state index contributed by atoms with van der Waals surface area (Å²) < 4.78 is 0. The summed E-state index contributed by atoms with van der Waals surface area (Å²) in [5, 5.41) is 3.52. The van der Waals surface area contributed by atoms with E-state index in [1.165, 1.54) is 32.1 Å². The number of hydrogen-bond donors (Lipinski definition) is 2. The molecular formula is C19H26N2O2. The number of benzene rings is 1. The summed E-state index contributed by atoms with van der Waals surface area (Å²) in [7, 11) is 0. The fourth-order valence-electron chi connectivity index (χ4n) is 5.28. The molecule has 5 rings (SSSR count). The highest BCUT2D eigenvalue weighted by molar-refractivity contribution is 5.76. The molecular weight excluding hydrogens is 288 g/mol. The van der Waals surface area contributed by atoms with Gasteiger partial charge in [0.1, 0.15) is 0 Å². The van der Waals surface area contributed by atoms with Gasteiger partial charge < -0.3 is 5.32 Å². The van der Waals surface area contributed by atoms with Gasteiger partial charge >= 0.3 is 0 Å². The Morgan fingerprint density at radius 1 is 1.00 bits per heavy atom.